The van der Waals surface area contributed by atoms with E-state index in [9.17, 15) is 13.6 Å². The average Bonchev–Trinajstić information content (AvgIpc) is 2.24. The van der Waals surface area contributed by atoms with Gasteiger partial charge in [-0.2, -0.15) is 0 Å². The molecule has 1 aromatic rings. The van der Waals surface area contributed by atoms with E-state index in [1.807, 2.05) is 0 Å². The second-order valence-electron chi connectivity index (χ2n) is 3.27. The third-order valence-corrected chi connectivity index (χ3v) is 2.59. The molecule has 1 aromatic carbocycles. The fourth-order valence-corrected chi connectivity index (χ4v) is 1.50. The van der Waals surface area contributed by atoms with Gasteiger partial charge in [-0.15, -0.1) is 0 Å². The Morgan fingerprint density at radius 1 is 1.31 bits per heavy atom. The molecule has 16 heavy (non-hydrogen) atoms. The third kappa shape index (κ3) is 3.89. The highest BCUT2D eigenvalue weighted by Gasteiger charge is 2.12. The summed E-state index contributed by atoms with van der Waals surface area (Å²) in [6.45, 7) is 0.500. The van der Waals surface area contributed by atoms with Crippen LogP contribution in [0.25, 0.3) is 0 Å². The number of hydrogen-bond acceptors (Lipinski definition) is 1. The highest BCUT2D eigenvalue weighted by Crippen LogP contribution is 2.12. The van der Waals surface area contributed by atoms with Gasteiger partial charge in [0.15, 0.2) is 0 Å². The largest absolute Gasteiger partial charge is 0.356 e. The molecule has 1 rings (SSSR count). The second kappa shape index (κ2) is 6.58. The second-order valence-corrected chi connectivity index (χ2v) is 4.06. The van der Waals surface area contributed by atoms with E-state index in [-0.39, 0.29) is 17.9 Å². The van der Waals surface area contributed by atoms with Crippen LogP contribution in [-0.4, -0.2) is 17.8 Å². The molecule has 0 saturated heterocycles. The van der Waals surface area contributed by atoms with Gasteiger partial charge in [0.25, 0.3) is 0 Å². The topological polar surface area (TPSA) is 29.1 Å². The molecule has 0 heterocycles. The number of alkyl halides is 1. The van der Waals surface area contributed by atoms with Crippen molar-refractivity contribution in [1.82, 2.24) is 5.32 Å². The quantitative estimate of drug-likeness (QED) is 0.655. The fraction of sp³-hybridized carbons (Fsp3) is 0.364. The Bertz CT molecular complexity index is 351. The van der Waals surface area contributed by atoms with E-state index in [0.29, 0.717) is 6.54 Å². The maximum Gasteiger partial charge on any atom is 0.224 e. The van der Waals surface area contributed by atoms with Crippen molar-refractivity contribution in [2.24, 2.45) is 0 Å². The van der Waals surface area contributed by atoms with Crippen LogP contribution in [0.1, 0.15) is 12.0 Å². The molecule has 0 aromatic heterocycles. The summed E-state index contributed by atoms with van der Waals surface area (Å²) in [5.41, 5.74) is -0.182. The molecule has 5 heteroatoms. The number of nitrogens with one attached hydrogen (secondary N) is 1. The van der Waals surface area contributed by atoms with Crippen LogP contribution in [0.15, 0.2) is 18.2 Å². The molecule has 2 nitrogen and oxygen atoms in total. The van der Waals surface area contributed by atoms with Crippen LogP contribution in [0.5, 0.6) is 0 Å². The Morgan fingerprint density at radius 3 is 2.50 bits per heavy atom. The van der Waals surface area contributed by atoms with Gasteiger partial charge in [-0.3, -0.25) is 4.79 Å². The Labute approximate surface area is 101 Å². The summed E-state index contributed by atoms with van der Waals surface area (Å²) < 4.78 is 26.3. The molecule has 0 saturated carbocycles. The van der Waals surface area contributed by atoms with Gasteiger partial charge in [0.2, 0.25) is 5.91 Å². The zero-order chi connectivity index (χ0) is 12.0. The van der Waals surface area contributed by atoms with Gasteiger partial charge in [-0.05, 0) is 18.6 Å². The number of carbonyl (C=O) groups excluding carboxylic acids is 1. The van der Waals surface area contributed by atoms with Crippen LogP contribution in [0.2, 0.25) is 0 Å². The number of amides is 1. The molecule has 0 unspecified atom stereocenters. The first kappa shape index (κ1) is 13.1. The molecule has 0 aliphatic heterocycles. The predicted molar refractivity (Wildman–Crippen MR) is 61.5 cm³/mol. The van der Waals surface area contributed by atoms with Gasteiger partial charge in [0, 0.05) is 17.4 Å². The zero-order valence-corrected chi connectivity index (χ0v) is 10.2. The molecule has 0 fully saturated rings. The molecule has 0 aliphatic rings. The normalized spacial score (nSPS) is 10.2. The van der Waals surface area contributed by atoms with Crippen molar-refractivity contribution in [3.05, 3.63) is 35.4 Å². The maximum absolute atomic E-state index is 13.2. The summed E-state index contributed by atoms with van der Waals surface area (Å²) in [6.07, 6.45) is 0.520. The summed E-state index contributed by atoms with van der Waals surface area (Å²) in [6, 6.07) is 3.56. The van der Waals surface area contributed by atoms with Crippen LogP contribution < -0.4 is 5.32 Å². The minimum absolute atomic E-state index is 0.182. The Morgan fingerprint density at radius 2 is 1.94 bits per heavy atom. The van der Waals surface area contributed by atoms with Crippen LogP contribution in [-0.2, 0) is 11.2 Å². The first-order valence-electron chi connectivity index (χ1n) is 4.90. The first-order chi connectivity index (χ1) is 7.65. The number of hydrogen-bond donors (Lipinski definition) is 1. The lowest BCUT2D eigenvalue weighted by Crippen LogP contribution is -2.27. The van der Waals surface area contributed by atoms with E-state index in [2.05, 4.69) is 21.2 Å². The highest BCUT2D eigenvalue weighted by atomic mass is 79.9. The number of benzene rings is 1. The molecular formula is C11H12BrF2NO. The minimum Gasteiger partial charge on any atom is -0.356 e. The fourth-order valence-electron chi connectivity index (χ4n) is 1.22. The van der Waals surface area contributed by atoms with Crippen molar-refractivity contribution < 1.29 is 13.6 Å². The summed E-state index contributed by atoms with van der Waals surface area (Å²) >= 11 is 3.22. The molecular weight excluding hydrogens is 280 g/mol. The molecule has 0 spiro atoms. The van der Waals surface area contributed by atoms with Crippen molar-refractivity contribution in [1.29, 1.82) is 0 Å². The summed E-state index contributed by atoms with van der Waals surface area (Å²) in [7, 11) is 0. The van der Waals surface area contributed by atoms with E-state index in [0.717, 1.165) is 23.9 Å². The lowest BCUT2D eigenvalue weighted by molar-refractivity contribution is -0.120. The minimum atomic E-state index is -0.685. The van der Waals surface area contributed by atoms with E-state index in [1.54, 1.807) is 0 Å². The molecule has 0 radical (unpaired) electrons. The highest BCUT2D eigenvalue weighted by molar-refractivity contribution is 9.09. The number of halogens is 3. The number of carbonyl (C=O) groups is 1. The SMILES string of the molecule is O=C(Cc1c(F)cccc1F)NCCCBr. The maximum atomic E-state index is 13.2. The van der Waals surface area contributed by atoms with Gasteiger partial charge < -0.3 is 5.32 Å². The first-order valence-corrected chi connectivity index (χ1v) is 6.03. The molecule has 0 atom stereocenters. The number of rotatable bonds is 5. The van der Waals surface area contributed by atoms with Gasteiger partial charge in [0.1, 0.15) is 11.6 Å². The molecule has 1 amide bonds. The van der Waals surface area contributed by atoms with Crippen molar-refractivity contribution in [3.8, 4) is 0 Å². The summed E-state index contributed by atoms with van der Waals surface area (Å²) in [5.74, 6) is -1.74. The molecule has 88 valence electrons. The Kier molecular flexibility index (Phi) is 5.38. The summed E-state index contributed by atoms with van der Waals surface area (Å²) in [4.78, 5) is 11.3. The third-order valence-electron chi connectivity index (χ3n) is 2.03. The van der Waals surface area contributed by atoms with Gasteiger partial charge in [0.05, 0.1) is 6.42 Å². The van der Waals surface area contributed by atoms with Crippen LogP contribution >= 0.6 is 15.9 Å². The van der Waals surface area contributed by atoms with E-state index in [4.69, 9.17) is 0 Å². The van der Waals surface area contributed by atoms with Crippen molar-refractivity contribution in [2.75, 3.05) is 11.9 Å². The van der Waals surface area contributed by atoms with Crippen molar-refractivity contribution in [2.45, 2.75) is 12.8 Å². The standard InChI is InChI=1S/C11H12BrF2NO/c12-5-2-6-15-11(16)7-8-9(13)3-1-4-10(8)14/h1,3-4H,2,5-7H2,(H,15,16). The molecule has 0 bridgehead atoms. The molecule has 1 N–H and O–H groups in total. The van der Waals surface area contributed by atoms with Gasteiger partial charge in [-0.1, -0.05) is 22.0 Å². The van der Waals surface area contributed by atoms with E-state index in [1.165, 1.54) is 6.07 Å². The zero-order valence-electron chi connectivity index (χ0n) is 8.60. The van der Waals surface area contributed by atoms with E-state index >= 15 is 0 Å². The Hall–Kier alpha value is -0.970. The van der Waals surface area contributed by atoms with E-state index < -0.39 is 11.6 Å². The summed E-state index contributed by atoms with van der Waals surface area (Å²) in [5, 5.41) is 3.36. The lowest BCUT2D eigenvalue weighted by Gasteiger charge is -2.05. The lowest BCUT2D eigenvalue weighted by atomic mass is 10.1. The monoisotopic (exact) mass is 291 g/mol. The van der Waals surface area contributed by atoms with Crippen LogP contribution in [0, 0.1) is 11.6 Å². The van der Waals surface area contributed by atoms with Crippen LogP contribution in [0.4, 0.5) is 8.78 Å². The van der Waals surface area contributed by atoms with Gasteiger partial charge in [-0.25, -0.2) is 8.78 Å². The predicted octanol–water partition coefficient (Wildman–Crippen LogP) is 2.41. The van der Waals surface area contributed by atoms with Crippen LogP contribution in [0.3, 0.4) is 0 Å². The van der Waals surface area contributed by atoms with Crippen molar-refractivity contribution >= 4 is 21.8 Å². The van der Waals surface area contributed by atoms with Crippen molar-refractivity contribution in [3.63, 3.8) is 0 Å². The molecule has 0 aliphatic carbocycles. The van der Waals surface area contributed by atoms with Gasteiger partial charge >= 0.3 is 0 Å². The average molecular weight is 292 g/mol. The Balaban J connectivity index is 2.56. The smallest absolute Gasteiger partial charge is 0.224 e.